The number of rotatable bonds is 3. The van der Waals surface area contributed by atoms with Gasteiger partial charge in [-0.2, -0.15) is 5.10 Å². The first kappa shape index (κ1) is 14.3. The van der Waals surface area contributed by atoms with Crippen molar-refractivity contribution in [3.63, 3.8) is 0 Å². The van der Waals surface area contributed by atoms with E-state index in [9.17, 15) is 4.79 Å². The number of carbonyl (C=O) groups excluding carboxylic acids is 1. The number of carbonyl (C=O) groups is 1. The Kier molecular flexibility index (Phi) is 3.66. The van der Waals surface area contributed by atoms with Crippen LogP contribution in [0.2, 0.25) is 0 Å². The van der Waals surface area contributed by atoms with Crippen LogP contribution in [-0.2, 0) is 10.2 Å². The fourth-order valence-corrected chi connectivity index (χ4v) is 2.38. The molecule has 4 nitrogen and oxygen atoms in total. The first-order valence-electron chi connectivity index (χ1n) is 6.71. The molecule has 0 aliphatic heterocycles. The molecule has 0 spiro atoms. The SMILES string of the molecule is Cc1[nH]nc(C(C)(C)C(=O)N(C)c2ccccc2)c1C. The van der Waals surface area contributed by atoms with Gasteiger partial charge in [-0.05, 0) is 45.4 Å². The fourth-order valence-electron chi connectivity index (χ4n) is 2.38. The van der Waals surface area contributed by atoms with Crippen molar-refractivity contribution in [1.82, 2.24) is 10.2 Å². The number of hydrogen-bond donors (Lipinski definition) is 1. The van der Waals surface area contributed by atoms with Crippen molar-refractivity contribution in [2.75, 3.05) is 11.9 Å². The van der Waals surface area contributed by atoms with Gasteiger partial charge >= 0.3 is 0 Å². The average molecular weight is 271 g/mol. The molecule has 1 aromatic carbocycles. The predicted octanol–water partition coefficient (Wildman–Crippen LogP) is 2.97. The molecule has 0 aliphatic rings. The summed E-state index contributed by atoms with van der Waals surface area (Å²) in [5, 5.41) is 7.27. The standard InChI is InChI=1S/C16H21N3O/c1-11-12(2)17-18-14(11)16(3,4)15(20)19(5)13-9-7-6-8-10-13/h6-10H,1-5H3,(H,17,18). The molecule has 0 bridgehead atoms. The van der Waals surface area contributed by atoms with Crippen LogP contribution in [0, 0.1) is 13.8 Å². The van der Waals surface area contributed by atoms with Crippen LogP contribution >= 0.6 is 0 Å². The van der Waals surface area contributed by atoms with Crippen molar-refractivity contribution in [2.45, 2.75) is 33.1 Å². The van der Waals surface area contributed by atoms with E-state index < -0.39 is 5.41 Å². The first-order chi connectivity index (χ1) is 9.35. The Morgan fingerprint density at radius 2 is 1.80 bits per heavy atom. The quantitative estimate of drug-likeness (QED) is 0.933. The van der Waals surface area contributed by atoms with Crippen LogP contribution in [0.3, 0.4) is 0 Å². The van der Waals surface area contributed by atoms with Crippen LogP contribution in [0.15, 0.2) is 30.3 Å². The molecule has 1 heterocycles. The van der Waals surface area contributed by atoms with Crippen molar-refractivity contribution in [3.05, 3.63) is 47.3 Å². The van der Waals surface area contributed by atoms with E-state index in [1.165, 1.54) is 0 Å². The number of aromatic nitrogens is 2. The highest BCUT2D eigenvalue weighted by Crippen LogP contribution is 2.29. The lowest BCUT2D eigenvalue weighted by Gasteiger charge is -2.28. The molecule has 0 fully saturated rings. The van der Waals surface area contributed by atoms with Crippen molar-refractivity contribution in [3.8, 4) is 0 Å². The van der Waals surface area contributed by atoms with Crippen LogP contribution in [-0.4, -0.2) is 23.2 Å². The van der Waals surface area contributed by atoms with E-state index in [2.05, 4.69) is 10.2 Å². The fraction of sp³-hybridized carbons (Fsp3) is 0.375. The molecule has 0 radical (unpaired) electrons. The Balaban J connectivity index is 2.34. The molecule has 1 aromatic heterocycles. The summed E-state index contributed by atoms with van der Waals surface area (Å²) in [7, 11) is 1.80. The van der Waals surface area contributed by atoms with Gasteiger partial charge in [0.2, 0.25) is 5.91 Å². The zero-order chi connectivity index (χ0) is 14.9. The summed E-state index contributed by atoms with van der Waals surface area (Å²) in [5.41, 5.74) is 3.07. The molecular weight excluding hydrogens is 250 g/mol. The lowest BCUT2D eigenvalue weighted by Crippen LogP contribution is -2.42. The summed E-state index contributed by atoms with van der Waals surface area (Å²) < 4.78 is 0. The summed E-state index contributed by atoms with van der Waals surface area (Å²) in [4.78, 5) is 14.5. The molecule has 2 rings (SSSR count). The highest BCUT2D eigenvalue weighted by Gasteiger charge is 2.36. The Bertz CT molecular complexity index is 614. The number of nitrogens with one attached hydrogen (secondary N) is 1. The van der Waals surface area contributed by atoms with Gasteiger partial charge in [0.05, 0.1) is 11.1 Å². The van der Waals surface area contributed by atoms with Crippen molar-refractivity contribution < 1.29 is 4.79 Å². The molecule has 0 saturated carbocycles. The molecular formula is C16H21N3O. The minimum absolute atomic E-state index is 0.0262. The maximum absolute atomic E-state index is 12.8. The molecule has 20 heavy (non-hydrogen) atoms. The Morgan fingerprint density at radius 1 is 1.20 bits per heavy atom. The second-order valence-electron chi connectivity index (χ2n) is 5.65. The number of hydrogen-bond acceptors (Lipinski definition) is 2. The zero-order valence-corrected chi connectivity index (χ0v) is 12.7. The second kappa shape index (κ2) is 5.12. The lowest BCUT2D eigenvalue weighted by molar-refractivity contribution is -0.122. The number of aryl methyl sites for hydroxylation is 1. The van der Waals surface area contributed by atoms with Gasteiger partial charge in [0.25, 0.3) is 0 Å². The zero-order valence-electron chi connectivity index (χ0n) is 12.7. The van der Waals surface area contributed by atoms with Gasteiger partial charge in [0.15, 0.2) is 0 Å². The van der Waals surface area contributed by atoms with Gasteiger partial charge in [0.1, 0.15) is 0 Å². The Hall–Kier alpha value is -2.10. The number of amides is 1. The van der Waals surface area contributed by atoms with Crippen molar-refractivity contribution in [2.24, 2.45) is 0 Å². The number of nitrogens with zero attached hydrogens (tertiary/aromatic N) is 2. The normalized spacial score (nSPS) is 11.4. The molecule has 0 atom stereocenters. The third-order valence-electron chi connectivity index (χ3n) is 3.83. The first-order valence-corrected chi connectivity index (χ1v) is 6.71. The highest BCUT2D eigenvalue weighted by molar-refractivity contribution is 6.00. The predicted molar refractivity (Wildman–Crippen MR) is 80.9 cm³/mol. The van der Waals surface area contributed by atoms with Gasteiger partial charge < -0.3 is 4.90 Å². The van der Waals surface area contributed by atoms with E-state index >= 15 is 0 Å². The van der Waals surface area contributed by atoms with Gasteiger partial charge in [-0.3, -0.25) is 9.89 Å². The van der Waals surface area contributed by atoms with Crippen LogP contribution in [0.25, 0.3) is 0 Å². The van der Waals surface area contributed by atoms with Gasteiger partial charge in [-0.15, -0.1) is 0 Å². The van der Waals surface area contributed by atoms with E-state index in [0.717, 1.165) is 22.6 Å². The molecule has 0 unspecified atom stereocenters. The summed E-state index contributed by atoms with van der Waals surface area (Å²) in [6.07, 6.45) is 0. The van der Waals surface area contributed by atoms with E-state index in [-0.39, 0.29) is 5.91 Å². The number of aromatic amines is 1. The minimum Gasteiger partial charge on any atom is -0.315 e. The van der Waals surface area contributed by atoms with Gasteiger partial charge in [-0.1, -0.05) is 18.2 Å². The smallest absolute Gasteiger partial charge is 0.238 e. The average Bonchev–Trinajstić information content (AvgIpc) is 2.79. The Labute approximate surface area is 119 Å². The topological polar surface area (TPSA) is 49.0 Å². The van der Waals surface area contributed by atoms with E-state index in [4.69, 9.17) is 0 Å². The summed E-state index contributed by atoms with van der Waals surface area (Å²) in [6.45, 7) is 7.79. The minimum atomic E-state index is -0.667. The molecule has 4 heteroatoms. The monoisotopic (exact) mass is 271 g/mol. The molecule has 106 valence electrons. The summed E-state index contributed by atoms with van der Waals surface area (Å²) >= 11 is 0. The molecule has 0 aliphatic carbocycles. The number of para-hydroxylation sites is 1. The van der Waals surface area contributed by atoms with Gasteiger partial charge in [0, 0.05) is 18.4 Å². The summed E-state index contributed by atoms with van der Waals surface area (Å²) in [5.74, 6) is 0.0262. The lowest BCUT2D eigenvalue weighted by atomic mass is 9.85. The number of anilines is 1. The van der Waals surface area contributed by atoms with Crippen LogP contribution < -0.4 is 4.90 Å². The number of likely N-dealkylation sites (N-methyl/N-ethyl adjacent to an activating group) is 1. The van der Waals surface area contributed by atoms with Gasteiger partial charge in [-0.25, -0.2) is 0 Å². The molecule has 2 aromatic rings. The largest absolute Gasteiger partial charge is 0.315 e. The third-order valence-corrected chi connectivity index (χ3v) is 3.83. The Morgan fingerprint density at radius 3 is 2.30 bits per heavy atom. The van der Waals surface area contributed by atoms with Crippen LogP contribution in [0.5, 0.6) is 0 Å². The maximum Gasteiger partial charge on any atom is 0.238 e. The third kappa shape index (κ3) is 2.33. The summed E-state index contributed by atoms with van der Waals surface area (Å²) in [6, 6.07) is 9.65. The second-order valence-corrected chi connectivity index (χ2v) is 5.65. The van der Waals surface area contributed by atoms with E-state index in [0.29, 0.717) is 0 Å². The molecule has 1 amide bonds. The van der Waals surface area contributed by atoms with E-state index in [1.807, 2.05) is 58.0 Å². The van der Waals surface area contributed by atoms with Crippen LogP contribution in [0.1, 0.15) is 30.8 Å². The number of benzene rings is 1. The highest BCUT2D eigenvalue weighted by atomic mass is 16.2. The maximum atomic E-state index is 12.8. The molecule has 1 N–H and O–H groups in total. The van der Waals surface area contributed by atoms with Crippen LogP contribution in [0.4, 0.5) is 5.69 Å². The molecule has 0 saturated heterocycles. The van der Waals surface area contributed by atoms with Crippen molar-refractivity contribution >= 4 is 11.6 Å². The van der Waals surface area contributed by atoms with E-state index in [1.54, 1.807) is 11.9 Å². The van der Waals surface area contributed by atoms with Crippen molar-refractivity contribution in [1.29, 1.82) is 0 Å². The number of H-pyrrole nitrogens is 1.